The first-order chi connectivity index (χ1) is 16.6. The highest BCUT2D eigenvalue weighted by molar-refractivity contribution is 6.05. The van der Waals surface area contributed by atoms with Crippen LogP contribution in [0.5, 0.6) is 11.5 Å². The minimum absolute atomic E-state index is 0.0232. The number of nitrogens with one attached hydrogen (secondary N) is 2. The van der Waals surface area contributed by atoms with Crippen LogP contribution in [-0.2, 0) is 9.59 Å². The Morgan fingerprint density at radius 1 is 1.00 bits per heavy atom. The van der Waals surface area contributed by atoms with Crippen LogP contribution in [0.3, 0.4) is 0 Å². The van der Waals surface area contributed by atoms with Crippen LogP contribution in [0.1, 0.15) is 37.2 Å². The third-order valence-electron chi connectivity index (χ3n) is 6.02. The third kappa shape index (κ3) is 4.63. The van der Waals surface area contributed by atoms with Crippen molar-refractivity contribution in [2.75, 3.05) is 34.4 Å². The fourth-order valence-electron chi connectivity index (χ4n) is 4.30. The summed E-state index contributed by atoms with van der Waals surface area (Å²) in [6.07, 6.45) is 3.28. The number of benzene rings is 2. The molecule has 3 aromatic rings. The lowest BCUT2D eigenvalue weighted by molar-refractivity contribution is -0.123. The molecule has 2 amide bonds. The summed E-state index contributed by atoms with van der Waals surface area (Å²) in [4.78, 5) is 36.6. The summed E-state index contributed by atoms with van der Waals surface area (Å²) < 4.78 is 5.79. The van der Waals surface area contributed by atoms with Crippen molar-refractivity contribution in [2.24, 2.45) is 0 Å². The molecule has 2 aliphatic rings. The molecule has 0 saturated carbocycles. The maximum atomic E-state index is 13.1. The molecular formula is C25H26N6O3. The van der Waals surface area contributed by atoms with Crippen LogP contribution in [0, 0.1) is 0 Å². The molecule has 1 aromatic heterocycles. The second-order valence-electron chi connectivity index (χ2n) is 8.45. The van der Waals surface area contributed by atoms with Crippen molar-refractivity contribution in [3.63, 3.8) is 0 Å². The van der Waals surface area contributed by atoms with Crippen LogP contribution in [0.25, 0.3) is 0 Å². The van der Waals surface area contributed by atoms with Gasteiger partial charge in [0.2, 0.25) is 17.8 Å². The summed E-state index contributed by atoms with van der Waals surface area (Å²) in [6, 6.07) is 16.5. The highest BCUT2D eigenvalue weighted by Gasteiger charge is 2.35. The van der Waals surface area contributed by atoms with Crippen LogP contribution in [-0.4, -0.2) is 34.9 Å². The average molecular weight is 459 g/mol. The Morgan fingerprint density at radius 3 is 2.44 bits per heavy atom. The molecule has 5 rings (SSSR count). The first-order valence-electron chi connectivity index (χ1n) is 11.4. The van der Waals surface area contributed by atoms with E-state index in [0.717, 1.165) is 31.7 Å². The first-order valence-corrected chi connectivity index (χ1v) is 11.4. The summed E-state index contributed by atoms with van der Waals surface area (Å²) >= 11 is 0. The lowest BCUT2D eigenvalue weighted by Gasteiger charge is -2.30. The van der Waals surface area contributed by atoms with Gasteiger partial charge in [0.15, 0.2) is 0 Å². The number of fused-ring (bicyclic) bond motifs is 1. The zero-order valence-electron chi connectivity index (χ0n) is 18.7. The van der Waals surface area contributed by atoms with Gasteiger partial charge in [0.05, 0.1) is 11.5 Å². The number of carbonyl (C=O) groups excluding carboxylic acids is 2. The fraction of sp³-hybridized carbons (Fsp3) is 0.280. The van der Waals surface area contributed by atoms with Crippen LogP contribution < -0.4 is 26.0 Å². The summed E-state index contributed by atoms with van der Waals surface area (Å²) in [6.45, 7) is 1.69. The number of amides is 2. The second kappa shape index (κ2) is 9.38. The van der Waals surface area contributed by atoms with E-state index in [1.807, 2.05) is 30.3 Å². The quantitative estimate of drug-likeness (QED) is 0.530. The Bertz CT molecular complexity index is 1190. The lowest BCUT2D eigenvalue weighted by atomic mass is 9.92. The molecule has 3 heterocycles. The van der Waals surface area contributed by atoms with Crippen molar-refractivity contribution in [3.05, 3.63) is 60.2 Å². The highest BCUT2D eigenvalue weighted by atomic mass is 16.5. The number of nitrogens with zero attached hydrogens (tertiary/aromatic N) is 3. The number of piperidine rings is 1. The molecule has 9 nitrogen and oxygen atoms in total. The maximum absolute atomic E-state index is 13.1. The van der Waals surface area contributed by atoms with Crippen LogP contribution in [0.2, 0.25) is 0 Å². The Labute approximate surface area is 197 Å². The molecule has 0 bridgehead atoms. The Balaban J connectivity index is 1.33. The number of carbonyl (C=O) groups is 2. The SMILES string of the molecule is Nc1nc(N2CCCCC2)nc2c1C(C(=O)Nc1ccc(Oc3ccccc3)cc1)CC(=O)N2. The van der Waals surface area contributed by atoms with Crippen LogP contribution in [0.4, 0.5) is 23.3 Å². The smallest absolute Gasteiger partial charge is 0.232 e. The maximum Gasteiger partial charge on any atom is 0.232 e. The van der Waals surface area contributed by atoms with Crippen molar-refractivity contribution in [1.82, 2.24) is 9.97 Å². The van der Waals surface area contributed by atoms with Crippen molar-refractivity contribution >= 4 is 35.1 Å². The number of anilines is 4. The number of nitrogen functional groups attached to an aromatic ring is 1. The van der Waals surface area contributed by atoms with Gasteiger partial charge in [-0.3, -0.25) is 9.59 Å². The molecule has 1 saturated heterocycles. The van der Waals surface area contributed by atoms with Gasteiger partial charge in [0.25, 0.3) is 0 Å². The molecule has 1 fully saturated rings. The fourth-order valence-corrected chi connectivity index (χ4v) is 4.30. The molecule has 174 valence electrons. The van der Waals surface area contributed by atoms with E-state index in [0.29, 0.717) is 28.8 Å². The minimum Gasteiger partial charge on any atom is -0.457 e. The molecule has 0 spiro atoms. The van der Waals surface area contributed by atoms with Gasteiger partial charge in [-0.1, -0.05) is 18.2 Å². The van der Waals surface area contributed by atoms with Gasteiger partial charge in [0, 0.05) is 25.2 Å². The minimum atomic E-state index is -0.778. The molecule has 2 aliphatic heterocycles. The monoisotopic (exact) mass is 458 g/mol. The van der Waals surface area contributed by atoms with Crippen LogP contribution in [0.15, 0.2) is 54.6 Å². The summed E-state index contributed by atoms with van der Waals surface area (Å²) in [5, 5.41) is 5.64. The molecule has 4 N–H and O–H groups in total. The zero-order valence-corrected chi connectivity index (χ0v) is 18.7. The lowest BCUT2D eigenvalue weighted by Crippen LogP contribution is -2.35. The predicted octanol–water partition coefficient (Wildman–Crippen LogP) is 3.91. The summed E-state index contributed by atoms with van der Waals surface area (Å²) in [7, 11) is 0. The van der Waals surface area contributed by atoms with E-state index in [-0.39, 0.29) is 24.1 Å². The number of hydrogen-bond donors (Lipinski definition) is 3. The second-order valence-corrected chi connectivity index (χ2v) is 8.45. The van der Waals surface area contributed by atoms with Gasteiger partial charge in [-0.2, -0.15) is 9.97 Å². The highest BCUT2D eigenvalue weighted by Crippen LogP contribution is 2.37. The van der Waals surface area contributed by atoms with Gasteiger partial charge in [-0.05, 0) is 55.7 Å². The van der Waals surface area contributed by atoms with Crippen molar-refractivity contribution in [2.45, 2.75) is 31.6 Å². The van der Waals surface area contributed by atoms with Crippen LogP contribution >= 0.6 is 0 Å². The van der Waals surface area contributed by atoms with Gasteiger partial charge < -0.3 is 26.0 Å². The number of rotatable bonds is 5. The predicted molar refractivity (Wildman–Crippen MR) is 130 cm³/mol. The Kier molecular flexibility index (Phi) is 5.99. The molecule has 0 radical (unpaired) electrons. The third-order valence-corrected chi connectivity index (χ3v) is 6.02. The number of hydrogen-bond acceptors (Lipinski definition) is 7. The van der Waals surface area contributed by atoms with Crippen molar-refractivity contribution in [1.29, 1.82) is 0 Å². The van der Waals surface area contributed by atoms with Crippen molar-refractivity contribution < 1.29 is 14.3 Å². The Hall–Kier alpha value is -4.14. The molecule has 1 atom stereocenters. The molecule has 0 aliphatic carbocycles. The van der Waals surface area contributed by atoms with E-state index in [1.165, 1.54) is 6.42 Å². The van der Waals surface area contributed by atoms with Crippen molar-refractivity contribution in [3.8, 4) is 11.5 Å². The Morgan fingerprint density at radius 2 is 1.71 bits per heavy atom. The number of nitrogens with two attached hydrogens (primary N) is 1. The van der Waals surface area contributed by atoms with E-state index in [1.54, 1.807) is 24.3 Å². The van der Waals surface area contributed by atoms with E-state index in [4.69, 9.17) is 10.5 Å². The van der Waals surface area contributed by atoms with Gasteiger partial charge >= 0.3 is 0 Å². The first kappa shape index (κ1) is 21.7. The van der Waals surface area contributed by atoms with E-state index < -0.39 is 5.92 Å². The summed E-state index contributed by atoms with van der Waals surface area (Å²) in [5.41, 5.74) is 7.33. The van der Waals surface area contributed by atoms with E-state index in [2.05, 4.69) is 25.5 Å². The molecule has 34 heavy (non-hydrogen) atoms. The summed E-state index contributed by atoms with van der Waals surface area (Å²) in [5.74, 6) is 1.01. The van der Waals surface area contributed by atoms with Gasteiger partial charge in [-0.15, -0.1) is 0 Å². The molecule has 9 heteroatoms. The van der Waals surface area contributed by atoms with Gasteiger partial charge in [-0.25, -0.2) is 0 Å². The largest absolute Gasteiger partial charge is 0.457 e. The number of para-hydroxylation sites is 1. The average Bonchev–Trinajstić information content (AvgIpc) is 2.85. The molecular weight excluding hydrogens is 432 g/mol. The normalized spacial score (nSPS) is 17.5. The molecule has 2 aromatic carbocycles. The molecule has 1 unspecified atom stereocenters. The van der Waals surface area contributed by atoms with E-state index in [9.17, 15) is 9.59 Å². The van der Waals surface area contributed by atoms with Gasteiger partial charge in [0.1, 0.15) is 23.1 Å². The standard InChI is InChI=1S/C25H26N6O3/c26-22-21-19(15-20(32)28-23(21)30-25(29-22)31-13-5-2-6-14-31)24(33)27-16-9-11-18(12-10-16)34-17-7-3-1-4-8-17/h1,3-4,7-12,19H,2,5-6,13-15H2,(H,27,33)(H3,26,28,29,30,32). The number of ether oxygens (including phenoxy) is 1. The van der Waals surface area contributed by atoms with E-state index >= 15 is 0 Å². The topological polar surface area (TPSA) is 122 Å². The zero-order chi connectivity index (χ0) is 23.5. The number of aromatic nitrogens is 2.